The molecule has 0 saturated carbocycles. The van der Waals surface area contributed by atoms with Crippen molar-refractivity contribution in [2.75, 3.05) is 30.0 Å². The number of aromatic nitrogens is 2. The standard InChI is InChI=1S/C21H24N4O5S2/c1-5-18(30-17-12-8-15(9-13-17)25(2)32(4,27)28)19(26)22-21-24-23-20(31-21)14-6-10-16(29-3)11-7-14/h6-13,18H,5H2,1-4H3,(H,22,24,26)/t18-/m1/s1. The summed E-state index contributed by atoms with van der Waals surface area (Å²) >= 11 is 1.26. The fourth-order valence-corrected chi connectivity index (χ4v) is 3.98. The number of sulfonamides is 1. The van der Waals surface area contributed by atoms with Gasteiger partial charge in [-0.05, 0) is 55.0 Å². The average molecular weight is 477 g/mol. The van der Waals surface area contributed by atoms with Crippen LogP contribution in [-0.4, -0.2) is 51.0 Å². The van der Waals surface area contributed by atoms with Gasteiger partial charge < -0.3 is 9.47 Å². The van der Waals surface area contributed by atoms with Crippen LogP contribution in [-0.2, 0) is 14.8 Å². The van der Waals surface area contributed by atoms with E-state index in [2.05, 4.69) is 15.5 Å². The van der Waals surface area contributed by atoms with E-state index in [1.807, 2.05) is 31.2 Å². The first-order valence-corrected chi connectivity index (χ1v) is 12.4. The van der Waals surface area contributed by atoms with Crippen molar-refractivity contribution in [3.63, 3.8) is 0 Å². The maximum absolute atomic E-state index is 12.7. The Bertz CT molecular complexity index is 1160. The van der Waals surface area contributed by atoms with E-state index in [0.717, 1.165) is 21.9 Å². The number of hydrogen-bond acceptors (Lipinski definition) is 8. The summed E-state index contributed by atoms with van der Waals surface area (Å²) in [5, 5.41) is 12.0. The minimum Gasteiger partial charge on any atom is -0.497 e. The van der Waals surface area contributed by atoms with Gasteiger partial charge in [-0.1, -0.05) is 18.3 Å². The zero-order valence-corrected chi connectivity index (χ0v) is 19.7. The second-order valence-corrected chi connectivity index (χ2v) is 9.86. The molecule has 3 rings (SSSR count). The van der Waals surface area contributed by atoms with Crippen LogP contribution in [0.25, 0.3) is 10.6 Å². The summed E-state index contributed by atoms with van der Waals surface area (Å²) in [6.45, 7) is 1.83. The van der Waals surface area contributed by atoms with Crippen LogP contribution < -0.4 is 19.1 Å². The lowest BCUT2D eigenvalue weighted by Gasteiger charge is -2.19. The maximum Gasteiger partial charge on any atom is 0.267 e. The molecule has 0 unspecified atom stereocenters. The Morgan fingerprint density at radius 1 is 1.09 bits per heavy atom. The largest absolute Gasteiger partial charge is 0.497 e. The van der Waals surface area contributed by atoms with Crippen molar-refractivity contribution in [2.45, 2.75) is 19.4 Å². The maximum atomic E-state index is 12.7. The Morgan fingerprint density at radius 3 is 2.28 bits per heavy atom. The molecule has 11 heteroatoms. The van der Waals surface area contributed by atoms with Crippen molar-refractivity contribution in [1.82, 2.24) is 10.2 Å². The molecule has 0 aliphatic rings. The molecule has 0 bridgehead atoms. The zero-order valence-electron chi connectivity index (χ0n) is 18.1. The van der Waals surface area contributed by atoms with E-state index < -0.39 is 16.1 Å². The van der Waals surface area contributed by atoms with Crippen LogP contribution in [0.4, 0.5) is 10.8 Å². The molecule has 1 atom stereocenters. The molecule has 0 fully saturated rings. The van der Waals surface area contributed by atoms with Gasteiger partial charge in [-0.3, -0.25) is 14.4 Å². The molecule has 32 heavy (non-hydrogen) atoms. The first-order chi connectivity index (χ1) is 15.2. The molecule has 1 amide bonds. The summed E-state index contributed by atoms with van der Waals surface area (Å²) in [5.41, 5.74) is 1.36. The highest BCUT2D eigenvalue weighted by molar-refractivity contribution is 7.92. The van der Waals surface area contributed by atoms with Crippen molar-refractivity contribution >= 4 is 38.1 Å². The lowest BCUT2D eigenvalue weighted by Crippen LogP contribution is -2.32. The van der Waals surface area contributed by atoms with Crippen molar-refractivity contribution in [1.29, 1.82) is 0 Å². The van der Waals surface area contributed by atoms with E-state index in [-0.39, 0.29) is 5.91 Å². The molecule has 0 radical (unpaired) electrons. The van der Waals surface area contributed by atoms with Crippen LogP contribution in [0.1, 0.15) is 13.3 Å². The van der Waals surface area contributed by atoms with E-state index in [9.17, 15) is 13.2 Å². The van der Waals surface area contributed by atoms with Crippen LogP contribution >= 0.6 is 11.3 Å². The van der Waals surface area contributed by atoms with E-state index in [1.165, 1.54) is 18.4 Å². The normalized spacial score (nSPS) is 12.1. The summed E-state index contributed by atoms with van der Waals surface area (Å²) in [6.07, 6.45) is 0.811. The minimum absolute atomic E-state index is 0.345. The van der Waals surface area contributed by atoms with E-state index in [0.29, 0.717) is 28.0 Å². The van der Waals surface area contributed by atoms with Gasteiger partial charge in [0.1, 0.15) is 16.5 Å². The van der Waals surface area contributed by atoms with Crippen LogP contribution in [0.15, 0.2) is 48.5 Å². The molecule has 0 saturated heterocycles. The van der Waals surface area contributed by atoms with Crippen LogP contribution in [0, 0.1) is 0 Å². The highest BCUT2D eigenvalue weighted by atomic mass is 32.2. The van der Waals surface area contributed by atoms with Crippen LogP contribution in [0.2, 0.25) is 0 Å². The fourth-order valence-electron chi connectivity index (χ4n) is 2.72. The first kappa shape index (κ1) is 23.5. The summed E-state index contributed by atoms with van der Waals surface area (Å²) in [7, 11) is -0.288. The Balaban J connectivity index is 1.64. The quantitative estimate of drug-likeness (QED) is 0.504. The summed E-state index contributed by atoms with van der Waals surface area (Å²) in [4.78, 5) is 12.7. The third-order valence-electron chi connectivity index (χ3n) is 4.63. The number of benzene rings is 2. The van der Waals surface area contributed by atoms with Gasteiger partial charge >= 0.3 is 0 Å². The van der Waals surface area contributed by atoms with Crippen LogP contribution in [0.3, 0.4) is 0 Å². The van der Waals surface area contributed by atoms with Crippen molar-refractivity contribution in [3.05, 3.63) is 48.5 Å². The monoisotopic (exact) mass is 476 g/mol. The number of amides is 1. The topological polar surface area (TPSA) is 111 Å². The minimum atomic E-state index is -3.36. The van der Waals surface area contributed by atoms with Gasteiger partial charge in [-0.25, -0.2) is 8.42 Å². The van der Waals surface area contributed by atoms with E-state index >= 15 is 0 Å². The second-order valence-electron chi connectivity index (χ2n) is 6.87. The zero-order chi connectivity index (χ0) is 23.3. The summed E-state index contributed by atoms with van der Waals surface area (Å²) in [5.74, 6) is 0.849. The van der Waals surface area contributed by atoms with Gasteiger partial charge in [-0.2, -0.15) is 0 Å². The molecule has 1 N–H and O–H groups in total. The van der Waals surface area contributed by atoms with Gasteiger partial charge in [0, 0.05) is 12.6 Å². The molecule has 1 heterocycles. The lowest BCUT2D eigenvalue weighted by atomic mass is 10.2. The van der Waals surface area contributed by atoms with Gasteiger partial charge in [0.05, 0.1) is 19.1 Å². The first-order valence-electron chi connectivity index (χ1n) is 9.70. The molecule has 2 aromatic carbocycles. The van der Waals surface area contributed by atoms with Crippen molar-refractivity contribution in [2.24, 2.45) is 0 Å². The SMILES string of the molecule is CC[C@@H](Oc1ccc(N(C)S(C)(=O)=O)cc1)C(=O)Nc1nnc(-c2ccc(OC)cc2)s1. The Morgan fingerprint density at radius 2 is 1.72 bits per heavy atom. The second kappa shape index (κ2) is 9.96. The third-order valence-corrected chi connectivity index (χ3v) is 6.72. The summed E-state index contributed by atoms with van der Waals surface area (Å²) in [6, 6.07) is 13.9. The number of nitrogens with one attached hydrogen (secondary N) is 1. The molecule has 3 aromatic rings. The van der Waals surface area contributed by atoms with E-state index in [1.54, 1.807) is 31.4 Å². The number of ether oxygens (including phenoxy) is 2. The van der Waals surface area contributed by atoms with Crippen LogP contribution in [0.5, 0.6) is 11.5 Å². The van der Waals surface area contributed by atoms with Gasteiger partial charge in [0.25, 0.3) is 5.91 Å². The number of carbonyl (C=O) groups is 1. The molecule has 0 aliphatic heterocycles. The van der Waals surface area contributed by atoms with Crippen molar-refractivity contribution < 1.29 is 22.7 Å². The molecule has 0 aliphatic carbocycles. The highest BCUT2D eigenvalue weighted by Crippen LogP contribution is 2.28. The van der Waals surface area contributed by atoms with Crippen molar-refractivity contribution in [3.8, 4) is 22.1 Å². The molecular weight excluding hydrogens is 452 g/mol. The molecule has 1 aromatic heterocycles. The third kappa shape index (κ3) is 5.74. The number of hydrogen-bond donors (Lipinski definition) is 1. The average Bonchev–Trinajstić information content (AvgIpc) is 3.25. The molecular formula is C21H24N4O5S2. The highest BCUT2D eigenvalue weighted by Gasteiger charge is 2.21. The number of carbonyl (C=O) groups excluding carboxylic acids is 1. The Labute approximate surface area is 191 Å². The van der Waals surface area contributed by atoms with Gasteiger partial charge in [0.2, 0.25) is 15.2 Å². The number of anilines is 2. The smallest absolute Gasteiger partial charge is 0.267 e. The Hall–Kier alpha value is -3.18. The van der Waals surface area contributed by atoms with Gasteiger partial charge in [0.15, 0.2) is 6.10 Å². The summed E-state index contributed by atoms with van der Waals surface area (Å²) < 4.78 is 35.4. The fraction of sp³-hybridized carbons (Fsp3) is 0.286. The number of rotatable bonds is 9. The predicted molar refractivity (Wildman–Crippen MR) is 125 cm³/mol. The number of nitrogens with zero attached hydrogens (tertiary/aromatic N) is 3. The molecule has 9 nitrogen and oxygen atoms in total. The predicted octanol–water partition coefficient (Wildman–Crippen LogP) is 3.41. The number of methoxy groups -OCH3 is 1. The Kier molecular flexibility index (Phi) is 7.31. The molecule has 170 valence electrons. The van der Waals surface area contributed by atoms with Gasteiger partial charge in [-0.15, -0.1) is 10.2 Å². The molecule has 0 spiro atoms. The van der Waals surface area contributed by atoms with E-state index in [4.69, 9.17) is 9.47 Å². The lowest BCUT2D eigenvalue weighted by molar-refractivity contribution is -0.122.